The average molecular weight is 230 g/mol. The second-order valence-corrected chi connectivity index (χ2v) is 3.95. The Labute approximate surface area is 90.6 Å². The summed E-state index contributed by atoms with van der Waals surface area (Å²) in [4.78, 5) is 46.0. The molecule has 0 N–H and O–H groups in total. The summed E-state index contributed by atoms with van der Waals surface area (Å²) in [5.41, 5.74) is 0. The van der Waals surface area contributed by atoms with Crippen molar-refractivity contribution in [2.75, 3.05) is 12.8 Å². The van der Waals surface area contributed by atoms with Gasteiger partial charge in [-0.25, -0.2) is 4.79 Å². The first-order chi connectivity index (χ1) is 7.00. The van der Waals surface area contributed by atoms with Gasteiger partial charge in [0.25, 0.3) is 5.24 Å². The van der Waals surface area contributed by atoms with E-state index in [2.05, 4.69) is 0 Å². The molecule has 1 aliphatic heterocycles. The van der Waals surface area contributed by atoms with Crippen LogP contribution in [0.3, 0.4) is 0 Å². The minimum absolute atomic E-state index is 0.378. The van der Waals surface area contributed by atoms with E-state index in [1.54, 1.807) is 0 Å². The normalized spacial score (nSPS) is 16.5. The molecule has 1 fully saturated rings. The summed E-state index contributed by atoms with van der Waals surface area (Å²) < 4.78 is 0. The Morgan fingerprint density at radius 1 is 1.27 bits per heavy atom. The van der Waals surface area contributed by atoms with Crippen LogP contribution in [0, 0.1) is 0 Å². The van der Waals surface area contributed by atoms with E-state index in [0.717, 1.165) is 18.2 Å². The second kappa shape index (κ2) is 4.43. The third-order valence-corrected chi connectivity index (χ3v) is 2.82. The Hall–Kier alpha value is -1.37. The molecule has 0 aromatic rings. The summed E-state index contributed by atoms with van der Waals surface area (Å²) in [6.45, 7) is 1.87. The van der Waals surface area contributed by atoms with Crippen molar-refractivity contribution in [3.63, 3.8) is 0 Å². The van der Waals surface area contributed by atoms with Crippen LogP contribution in [-0.2, 0) is 9.59 Å². The van der Waals surface area contributed by atoms with Crippen molar-refractivity contribution in [1.29, 1.82) is 0 Å². The molecular weight excluding hydrogens is 220 g/mol. The molecule has 0 saturated carbocycles. The number of hydrogen-bond donors (Lipinski definition) is 0. The number of carbonyl (C=O) groups is 4. The fraction of sp³-hybridized carbons (Fsp3) is 0.500. The van der Waals surface area contributed by atoms with Crippen molar-refractivity contribution in [2.24, 2.45) is 0 Å². The first-order valence-electron chi connectivity index (χ1n) is 4.33. The molecule has 82 valence electrons. The lowest BCUT2D eigenvalue weighted by Crippen LogP contribution is -2.34. The van der Waals surface area contributed by atoms with Crippen LogP contribution in [0.1, 0.15) is 13.3 Å². The van der Waals surface area contributed by atoms with Gasteiger partial charge in [0, 0.05) is 12.8 Å². The third kappa shape index (κ3) is 2.01. The van der Waals surface area contributed by atoms with Crippen LogP contribution in [0.25, 0.3) is 0 Å². The minimum atomic E-state index is -1.07. The average Bonchev–Trinajstić information content (AvgIpc) is 2.40. The molecule has 0 unspecified atom stereocenters. The van der Waals surface area contributed by atoms with Gasteiger partial charge in [0.05, 0.1) is 0 Å². The van der Waals surface area contributed by atoms with Gasteiger partial charge in [-0.05, 0) is 6.42 Å². The monoisotopic (exact) mass is 230 g/mol. The number of amides is 5. The van der Waals surface area contributed by atoms with Crippen molar-refractivity contribution in [3.8, 4) is 0 Å². The third-order valence-electron chi connectivity index (χ3n) is 1.78. The van der Waals surface area contributed by atoms with E-state index in [1.165, 1.54) is 7.05 Å². The molecule has 1 heterocycles. The van der Waals surface area contributed by atoms with Crippen molar-refractivity contribution >= 4 is 34.8 Å². The number of urea groups is 1. The first kappa shape index (κ1) is 11.7. The molecular formula is C8H10N2O4S. The van der Waals surface area contributed by atoms with Crippen LogP contribution in [-0.4, -0.2) is 45.7 Å². The lowest BCUT2D eigenvalue weighted by atomic mass is 10.6. The lowest BCUT2D eigenvalue weighted by molar-refractivity contribution is -0.141. The Morgan fingerprint density at radius 2 is 1.87 bits per heavy atom. The van der Waals surface area contributed by atoms with Gasteiger partial charge in [-0.2, -0.15) is 4.90 Å². The number of imide groups is 4. The van der Waals surface area contributed by atoms with Gasteiger partial charge in [0.15, 0.2) is 0 Å². The summed E-state index contributed by atoms with van der Waals surface area (Å²) in [6, 6.07) is -0.876. The Morgan fingerprint density at radius 3 is 2.27 bits per heavy atom. The fourth-order valence-corrected chi connectivity index (χ4v) is 1.65. The Balaban J connectivity index is 2.78. The molecule has 0 aliphatic carbocycles. The Bertz CT molecular complexity index is 342. The van der Waals surface area contributed by atoms with Gasteiger partial charge in [-0.3, -0.25) is 19.3 Å². The number of nitrogens with zero attached hydrogens (tertiary/aromatic N) is 2. The van der Waals surface area contributed by atoms with Gasteiger partial charge in [0.2, 0.25) is 0 Å². The molecule has 0 aromatic heterocycles. The number of rotatable bonds is 2. The van der Waals surface area contributed by atoms with E-state index >= 15 is 0 Å². The topological polar surface area (TPSA) is 74.8 Å². The van der Waals surface area contributed by atoms with E-state index < -0.39 is 23.1 Å². The van der Waals surface area contributed by atoms with Gasteiger partial charge >= 0.3 is 17.8 Å². The molecule has 1 aliphatic rings. The highest BCUT2D eigenvalue weighted by molar-refractivity contribution is 8.13. The van der Waals surface area contributed by atoms with Gasteiger partial charge in [-0.15, -0.1) is 0 Å². The zero-order chi connectivity index (χ0) is 11.6. The van der Waals surface area contributed by atoms with Crippen molar-refractivity contribution < 1.29 is 19.2 Å². The van der Waals surface area contributed by atoms with E-state index in [-0.39, 0.29) is 0 Å². The summed E-state index contributed by atoms with van der Waals surface area (Å²) in [5, 5.41) is -0.690. The van der Waals surface area contributed by atoms with E-state index in [0.29, 0.717) is 15.6 Å². The molecule has 1 saturated heterocycles. The number of carbonyl (C=O) groups excluding carboxylic acids is 4. The molecule has 0 radical (unpaired) electrons. The van der Waals surface area contributed by atoms with Crippen molar-refractivity contribution in [2.45, 2.75) is 13.3 Å². The summed E-state index contributed by atoms with van der Waals surface area (Å²) in [5.74, 6) is -1.53. The van der Waals surface area contributed by atoms with Crippen LogP contribution in [0.15, 0.2) is 0 Å². The van der Waals surface area contributed by atoms with Gasteiger partial charge < -0.3 is 0 Å². The Kier molecular flexibility index (Phi) is 3.46. The molecule has 0 aromatic carbocycles. The van der Waals surface area contributed by atoms with Crippen LogP contribution < -0.4 is 0 Å². The van der Waals surface area contributed by atoms with Gasteiger partial charge in [0.1, 0.15) is 0 Å². The van der Waals surface area contributed by atoms with Crippen LogP contribution in [0.5, 0.6) is 0 Å². The molecule has 0 atom stereocenters. The van der Waals surface area contributed by atoms with Crippen molar-refractivity contribution in [1.82, 2.24) is 9.80 Å². The quantitative estimate of drug-likeness (QED) is 0.515. The van der Waals surface area contributed by atoms with E-state index in [1.807, 2.05) is 6.92 Å². The number of thioether (sulfide) groups is 1. The molecule has 5 amide bonds. The van der Waals surface area contributed by atoms with E-state index in [9.17, 15) is 19.2 Å². The minimum Gasteiger partial charge on any atom is -0.263 e. The number of hydrogen-bond acceptors (Lipinski definition) is 5. The van der Waals surface area contributed by atoms with Crippen LogP contribution >= 0.6 is 11.8 Å². The predicted octanol–water partition coefficient (Wildman–Crippen LogP) is 0.670. The molecule has 6 nitrogen and oxygen atoms in total. The van der Waals surface area contributed by atoms with Crippen LogP contribution in [0.2, 0.25) is 0 Å². The maximum absolute atomic E-state index is 11.4. The molecule has 7 heteroatoms. The highest BCUT2D eigenvalue weighted by Crippen LogP contribution is 2.17. The van der Waals surface area contributed by atoms with Crippen LogP contribution in [0.4, 0.5) is 9.59 Å². The highest BCUT2D eigenvalue weighted by Gasteiger charge is 2.45. The molecule has 1 rings (SSSR count). The van der Waals surface area contributed by atoms with E-state index in [4.69, 9.17) is 0 Å². The maximum atomic E-state index is 11.4. The smallest absolute Gasteiger partial charge is 0.263 e. The molecule has 15 heavy (non-hydrogen) atoms. The second-order valence-electron chi connectivity index (χ2n) is 2.90. The van der Waals surface area contributed by atoms with Gasteiger partial charge in [-0.1, -0.05) is 18.7 Å². The first-order valence-corrected chi connectivity index (χ1v) is 5.32. The summed E-state index contributed by atoms with van der Waals surface area (Å²) >= 11 is 0.852. The standard InChI is InChI=1S/C8H10N2O4S/c1-3-4-15-8(14)10-6(12)5(11)9(2)7(10)13/h3-4H2,1-2H3. The van der Waals surface area contributed by atoms with Crippen molar-refractivity contribution in [3.05, 3.63) is 0 Å². The predicted molar refractivity (Wildman–Crippen MR) is 53.2 cm³/mol. The zero-order valence-electron chi connectivity index (χ0n) is 8.35. The maximum Gasteiger partial charge on any atom is 0.341 e. The largest absolute Gasteiger partial charge is 0.341 e. The zero-order valence-corrected chi connectivity index (χ0v) is 9.17. The number of likely N-dealkylation sites (N-methyl/N-ethyl adjacent to an activating group) is 1. The summed E-state index contributed by atoms with van der Waals surface area (Å²) in [7, 11) is 1.17. The fourth-order valence-electron chi connectivity index (χ4n) is 0.978. The molecule has 0 spiro atoms. The highest BCUT2D eigenvalue weighted by atomic mass is 32.2. The summed E-state index contributed by atoms with van der Waals surface area (Å²) in [6.07, 6.45) is 0.746. The SMILES string of the molecule is CCCSC(=O)N1C(=O)C(=O)N(C)C1=O. The lowest BCUT2D eigenvalue weighted by Gasteiger charge is -2.09. The molecule has 0 bridgehead atoms.